The van der Waals surface area contributed by atoms with Crippen molar-refractivity contribution in [1.82, 2.24) is 10.9 Å². The van der Waals surface area contributed by atoms with Crippen LogP contribution >= 0.6 is 0 Å². The highest BCUT2D eigenvalue weighted by Crippen LogP contribution is 2.44. The van der Waals surface area contributed by atoms with Crippen molar-refractivity contribution in [3.8, 4) is 0 Å². The van der Waals surface area contributed by atoms with Gasteiger partial charge in [0.25, 0.3) is 5.69 Å². The molecule has 0 aromatic heterocycles. The first-order chi connectivity index (χ1) is 13.7. The Morgan fingerprint density at radius 1 is 1.34 bits per heavy atom. The van der Waals surface area contributed by atoms with Crippen LogP contribution in [0.25, 0.3) is 0 Å². The van der Waals surface area contributed by atoms with Gasteiger partial charge >= 0.3 is 11.9 Å². The van der Waals surface area contributed by atoms with Crippen LogP contribution in [0.5, 0.6) is 0 Å². The lowest BCUT2D eigenvalue weighted by Crippen LogP contribution is -2.67. The molecule has 0 bridgehead atoms. The monoisotopic (exact) mass is 407 g/mol. The number of methoxy groups -OCH3 is 1. The number of nitro groups is 1. The van der Waals surface area contributed by atoms with Crippen molar-refractivity contribution >= 4 is 17.6 Å². The predicted octanol–water partition coefficient (Wildman–Crippen LogP) is 1.73. The van der Waals surface area contributed by atoms with Crippen molar-refractivity contribution in [3.63, 3.8) is 0 Å². The Morgan fingerprint density at radius 2 is 2.03 bits per heavy atom. The van der Waals surface area contributed by atoms with Gasteiger partial charge in [-0.25, -0.2) is 10.2 Å². The van der Waals surface area contributed by atoms with E-state index in [9.17, 15) is 24.8 Å². The molecule has 0 fully saturated rings. The highest BCUT2D eigenvalue weighted by Gasteiger charge is 2.55. The number of benzene rings is 1. The summed E-state index contributed by atoms with van der Waals surface area (Å²) in [6.45, 7) is 5.17. The van der Waals surface area contributed by atoms with Gasteiger partial charge in [-0.1, -0.05) is 26.0 Å². The third-order valence-corrected chi connectivity index (χ3v) is 5.02. The largest absolute Gasteiger partial charge is 0.480 e. The highest BCUT2D eigenvalue weighted by atomic mass is 16.6. The van der Waals surface area contributed by atoms with E-state index in [0.717, 1.165) is 0 Å². The van der Waals surface area contributed by atoms with E-state index >= 15 is 0 Å². The van der Waals surface area contributed by atoms with Gasteiger partial charge in [-0.15, -0.1) is 0 Å². The molecule has 2 rings (SSSR count). The Morgan fingerprint density at radius 3 is 2.59 bits per heavy atom. The van der Waals surface area contributed by atoms with Crippen molar-refractivity contribution < 1.29 is 29.1 Å². The number of allylic oxidation sites excluding steroid dienone is 1. The summed E-state index contributed by atoms with van der Waals surface area (Å²) in [4.78, 5) is 36.0. The molecule has 0 aliphatic carbocycles. The fourth-order valence-electron chi connectivity index (χ4n) is 3.50. The molecule has 1 aromatic rings. The van der Waals surface area contributed by atoms with Crippen LogP contribution in [0, 0.1) is 16.0 Å². The smallest absolute Gasteiger partial charge is 0.336 e. The standard InChI is InChI=1S/C19H25N3O7/c1-11(2)19(18(24)25)16(13-6-5-7-14(10-13)22(26)27)15(12(3)20-21-19)17(23)29-9-8-28-4/h5-7,10-11,16,20-21H,8-9H2,1-4H3,(H,24,25). The van der Waals surface area contributed by atoms with Crippen molar-refractivity contribution in [2.45, 2.75) is 32.2 Å². The molecule has 158 valence electrons. The molecule has 10 heteroatoms. The van der Waals surface area contributed by atoms with Gasteiger partial charge in [-0.05, 0) is 18.4 Å². The van der Waals surface area contributed by atoms with Crippen LogP contribution < -0.4 is 10.9 Å². The maximum absolute atomic E-state index is 12.9. The van der Waals surface area contributed by atoms with Gasteiger partial charge < -0.3 is 20.0 Å². The molecule has 3 N–H and O–H groups in total. The molecule has 0 radical (unpaired) electrons. The van der Waals surface area contributed by atoms with E-state index in [1.807, 2.05) is 0 Å². The van der Waals surface area contributed by atoms with Crippen molar-refractivity contribution in [1.29, 1.82) is 0 Å². The molecular formula is C19H25N3O7. The summed E-state index contributed by atoms with van der Waals surface area (Å²) in [5.74, 6) is -3.44. The predicted molar refractivity (Wildman–Crippen MR) is 103 cm³/mol. The van der Waals surface area contributed by atoms with Gasteiger partial charge in [-0.3, -0.25) is 14.9 Å². The number of aliphatic carboxylic acids is 1. The highest BCUT2D eigenvalue weighted by molar-refractivity contribution is 5.95. The Kier molecular flexibility index (Phi) is 6.93. The van der Waals surface area contributed by atoms with Gasteiger partial charge in [-0.2, -0.15) is 0 Å². The number of non-ortho nitro benzene ring substituents is 1. The zero-order chi connectivity index (χ0) is 21.8. The van der Waals surface area contributed by atoms with Crippen molar-refractivity contribution in [2.75, 3.05) is 20.3 Å². The zero-order valence-corrected chi connectivity index (χ0v) is 16.7. The number of carboxylic acids is 1. The molecule has 0 saturated heterocycles. The van der Waals surface area contributed by atoms with Gasteiger partial charge in [0.15, 0.2) is 0 Å². The molecule has 2 atom stereocenters. The zero-order valence-electron chi connectivity index (χ0n) is 16.7. The first-order valence-corrected chi connectivity index (χ1v) is 9.04. The number of nitrogens with zero attached hydrogens (tertiary/aromatic N) is 1. The second-order valence-corrected chi connectivity index (χ2v) is 7.03. The Balaban J connectivity index is 2.69. The number of carbonyl (C=O) groups is 2. The van der Waals surface area contributed by atoms with E-state index in [1.165, 1.54) is 25.3 Å². The van der Waals surface area contributed by atoms with E-state index in [1.54, 1.807) is 26.8 Å². The van der Waals surface area contributed by atoms with E-state index in [-0.39, 0.29) is 24.5 Å². The Labute approximate surface area is 168 Å². The molecule has 0 amide bonds. The molecule has 29 heavy (non-hydrogen) atoms. The van der Waals surface area contributed by atoms with Crippen LogP contribution in [0.4, 0.5) is 5.69 Å². The van der Waals surface area contributed by atoms with Crippen molar-refractivity contribution in [2.24, 2.45) is 5.92 Å². The number of hydrazine groups is 1. The summed E-state index contributed by atoms with van der Waals surface area (Å²) >= 11 is 0. The topological polar surface area (TPSA) is 140 Å². The molecule has 1 heterocycles. The fourth-order valence-corrected chi connectivity index (χ4v) is 3.50. The normalized spacial score (nSPS) is 21.6. The first kappa shape index (κ1) is 22.3. The number of nitro benzene ring substituents is 1. The maximum atomic E-state index is 12.9. The number of esters is 1. The van der Waals surface area contributed by atoms with Crippen LogP contribution in [-0.2, 0) is 19.1 Å². The minimum absolute atomic E-state index is 0.0110. The summed E-state index contributed by atoms with van der Waals surface area (Å²) in [6.07, 6.45) is 0. The number of carboxylic acid groups (broad SMARTS) is 1. The van der Waals surface area contributed by atoms with Gasteiger partial charge in [0.1, 0.15) is 12.1 Å². The summed E-state index contributed by atoms with van der Waals surface area (Å²) < 4.78 is 10.1. The number of hydrogen-bond donors (Lipinski definition) is 3. The van der Waals surface area contributed by atoms with Gasteiger partial charge in [0.2, 0.25) is 0 Å². The number of nitrogens with one attached hydrogen (secondary N) is 2. The number of carbonyl (C=O) groups excluding carboxylic acids is 1. The fraction of sp³-hybridized carbons (Fsp3) is 0.474. The Bertz CT molecular complexity index is 837. The molecule has 1 aliphatic rings. The minimum atomic E-state index is -1.65. The van der Waals surface area contributed by atoms with Crippen LogP contribution in [0.2, 0.25) is 0 Å². The molecule has 2 unspecified atom stereocenters. The van der Waals surface area contributed by atoms with E-state index in [4.69, 9.17) is 9.47 Å². The lowest BCUT2D eigenvalue weighted by Gasteiger charge is -2.45. The minimum Gasteiger partial charge on any atom is -0.480 e. The van der Waals surface area contributed by atoms with Gasteiger partial charge in [0.05, 0.1) is 17.1 Å². The lowest BCUT2D eigenvalue weighted by molar-refractivity contribution is -0.384. The second-order valence-electron chi connectivity index (χ2n) is 7.03. The average Bonchev–Trinajstić information content (AvgIpc) is 2.67. The average molecular weight is 407 g/mol. The molecule has 0 spiro atoms. The van der Waals surface area contributed by atoms with E-state index < -0.39 is 34.2 Å². The summed E-state index contributed by atoms with van der Waals surface area (Å²) in [5.41, 5.74) is 4.54. The SMILES string of the molecule is COCCOC(=O)C1=C(C)NNC(C(=O)O)(C(C)C)C1c1cccc([N+](=O)[O-])c1. The lowest BCUT2D eigenvalue weighted by atomic mass is 9.67. The summed E-state index contributed by atoms with van der Waals surface area (Å²) in [5, 5.41) is 21.4. The van der Waals surface area contributed by atoms with Crippen LogP contribution in [0.15, 0.2) is 35.5 Å². The van der Waals surface area contributed by atoms with E-state index in [0.29, 0.717) is 11.3 Å². The Hall–Kier alpha value is -2.98. The first-order valence-electron chi connectivity index (χ1n) is 9.04. The van der Waals surface area contributed by atoms with E-state index in [2.05, 4.69) is 10.9 Å². The van der Waals surface area contributed by atoms with Crippen LogP contribution in [0.3, 0.4) is 0 Å². The summed E-state index contributed by atoms with van der Waals surface area (Å²) in [7, 11) is 1.46. The molecule has 0 saturated carbocycles. The number of rotatable bonds is 8. The third-order valence-electron chi connectivity index (χ3n) is 5.02. The number of ether oxygens (including phenoxy) is 2. The molecule has 1 aliphatic heterocycles. The van der Waals surface area contributed by atoms with Crippen LogP contribution in [-0.4, -0.2) is 47.8 Å². The quantitative estimate of drug-likeness (QED) is 0.254. The van der Waals surface area contributed by atoms with Crippen molar-refractivity contribution in [3.05, 3.63) is 51.2 Å². The number of hydrogen-bond acceptors (Lipinski definition) is 8. The molecular weight excluding hydrogens is 382 g/mol. The second kappa shape index (κ2) is 9.01. The molecule has 1 aromatic carbocycles. The third kappa shape index (κ3) is 4.22. The molecule has 10 nitrogen and oxygen atoms in total. The summed E-state index contributed by atoms with van der Waals surface area (Å²) in [6, 6.07) is 5.63. The van der Waals surface area contributed by atoms with Crippen LogP contribution in [0.1, 0.15) is 32.3 Å². The van der Waals surface area contributed by atoms with Gasteiger partial charge in [0, 0.05) is 30.9 Å². The maximum Gasteiger partial charge on any atom is 0.336 e.